The number of aryl methyl sites for hydroxylation is 1. The van der Waals surface area contributed by atoms with Crippen molar-refractivity contribution in [2.24, 2.45) is 0 Å². The van der Waals surface area contributed by atoms with Crippen molar-refractivity contribution in [2.45, 2.75) is 56.4 Å². The summed E-state index contributed by atoms with van der Waals surface area (Å²) in [4.78, 5) is 25.3. The summed E-state index contributed by atoms with van der Waals surface area (Å²) in [5, 5.41) is 24.2. The van der Waals surface area contributed by atoms with Gasteiger partial charge in [0.25, 0.3) is 0 Å². The van der Waals surface area contributed by atoms with Crippen molar-refractivity contribution in [2.75, 3.05) is 23.9 Å². The number of imidazole rings is 1. The van der Waals surface area contributed by atoms with Crippen LogP contribution in [0.15, 0.2) is 43.0 Å². The second-order valence-corrected chi connectivity index (χ2v) is 9.75. The number of nitrogens with zero attached hydrogens (tertiary/aromatic N) is 4. The number of aliphatic hydroxyl groups excluding tert-OH is 2. The molecule has 4 rings (SSSR count). The third-order valence-corrected chi connectivity index (χ3v) is 6.86. The minimum Gasteiger partial charge on any atom is -0.458 e. The van der Waals surface area contributed by atoms with Gasteiger partial charge in [0.15, 0.2) is 17.5 Å². The third-order valence-electron chi connectivity index (χ3n) is 6.21. The van der Waals surface area contributed by atoms with E-state index in [1.807, 2.05) is 41.2 Å². The summed E-state index contributed by atoms with van der Waals surface area (Å²) in [6.07, 6.45) is 2.50. The molecule has 1 aliphatic rings. The van der Waals surface area contributed by atoms with E-state index < -0.39 is 36.4 Å². The van der Waals surface area contributed by atoms with E-state index in [1.165, 1.54) is 6.33 Å². The first-order valence-electron chi connectivity index (χ1n) is 11.9. The molecular weight excluding hydrogens is 484 g/mol. The number of hydrogen-bond acceptors (Lipinski definition) is 10. The van der Waals surface area contributed by atoms with Crippen molar-refractivity contribution >= 4 is 34.7 Å². The maximum Gasteiger partial charge on any atom is 0.364 e. The second kappa shape index (κ2) is 12.5. The Bertz CT molecular complexity index is 1130. The number of hydrogen-bond donors (Lipinski definition) is 4. The van der Waals surface area contributed by atoms with E-state index in [0.29, 0.717) is 42.9 Å². The summed E-state index contributed by atoms with van der Waals surface area (Å²) in [5.41, 5.74) is 6.25. The maximum absolute atomic E-state index is 12.1. The summed E-state index contributed by atoms with van der Waals surface area (Å²) in [7, 11) is 0. The maximum atomic E-state index is 12.1. The number of benzene rings is 1. The zero-order valence-corrected chi connectivity index (χ0v) is 21.0. The van der Waals surface area contributed by atoms with Crippen LogP contribution in [0.1, 0.15) is 18.4 Å². The molecule has 12 heteroatoms. The molecule has 1 aliphatic heterocycles. The molecule has 36 heavy (non-hydrogen) atoms. The van der Waals surface area contributed by atoms with Gasteiger partial charge in [-0.1, -0.05) is 30.3 Å². The highest BCUT2D eigenvalue weighted by Gasteiger charge is 2.43. The number of nitrogens with one attached hydrogen (secondary N) is 1. The average molecular weight is 518 g/mol. The zero-order valence-electron chi connectivity index (χ0n) is 20.2. The normalized spacial score (nSPS) is 22.6. The van der Waals surface area contributed by atoms with Crippen molar-refractivity contribution in [1.82, 2.24) is 19.5 Å². The smallest absolute Gasteiger partial charge is 0.364 e. The Morgan fingerprint density at radius 2 is 2.00 bits per heavy atom. The van der Waals surface area contributed by atoms with Gasteiger partial charge in [0, 0.05) is 19.5 Å². The molecular formula is C24H33N6O5S+. The van der Waals surface area contributed by atoms with Crippen molar-refractivity contribution in [3.63, 3.8) is 0 Å². The quantitative estimate of drug-likeness (QED) is 0.245. The van der Waals surface area contributed by atoms with Crippen molar-refractivity contribution in [3.8, 4) is 0 Å². The lowest BCUT2D eigenvalue weighted by Gasteiger charge is -2.16. The van der Waals surface area contributed by atoms with Crippen LogP contribution in [-0.2, 0) is 27.4 Å². The van der Waals surface area contributed by atoms with Gasteiger partial charge in [-0.05, 0) is 24.0 Å². The third kappa shape index (κ3) is 6.31. The lowest BCUT2D eigenvalue weighted by molar-refractivity contribution is -0.408. The van der Waals surface area contributed by atoms with Gasteiger partial charge >= 0.3 is 5.97 Å². The summed E-state index contributed by atoms with van der Waals surface area (Å²) in [6, 6.07) is 9.53. The lowest BCUT2D eigenvalue weighted by Crippen LogP contribution is -2.65. The zero-order chi connectivity index (χ0) is 25.5. The summed E-state index contributed by atoms with van der Waals surface area (Å²) >= 11 is 1.64. The summed E-state index contributed by atoms with van der Waals surface area (Å²) in [5.74, 6) is 1.02. The van der Waals surface area contributed by atoms with Crippen LogP contribution in [0.5, 0.6) is 0 Å². The first kappa shape index (κ1) is 26.3. The molecule has 2 aromatic heterocycles. The number of carbonyl (C=O) groups is 1. The number of aliphatic hydroxyl groups is 2. The SMILES string of the molecule is CSCC[C@H]([NH3+])C(=O)OC[C@H]1O[C@@H](CCn2cnc3c(NCc4ccccc4)ncnc32)[C@H](O)[C@@H]1O. The Morgan fingerprint density at radius 3 is 2.78 bits per heavy atom. The topological polar surface area (TPSA) is 159 Å². The predicted octanol–water partition coefficient (Wildman–Crippen LogP) is 0.225. The second-order valence-electron chi connectivity index (χ2n) is 8.76. The first-order chi connectivity index (χ1) is 17.5. The molecule has 0 aliphatic carbocycles. The van der Waals surface area contributed by atoms with Gasteiger partial charge in [0.1, 0.15) is 36.8 Å². The Labute approximate surface area is 213 Å². The lowest BCUT2D eigenvalue weighted by atomic mass is 10.1. The van der Waals surface area contributed by atoms with Crippen LogP contribution in [0.2, 0.25) is 0 Å². The highest BCUT2D eigenvalue weighted by atomic mass is 32.2. The molecule has 11 nitrogen and oxygen atoms in total. The van der Waals surface area contributed by atoms with Crippen LogP contribution in [0.4, 0.5) is 5.82 Å². The van der Waals surface area contributed by atoms with Gasteiger partial charge in [-0.3, -0.25) is 0 Å². The number of thioether (sulfide) groups is 1. The number of aromatic nitrogens is 4. The van der Waals surface area contributed by atoms with Gasteiger partial charge < -0.3 is 35.3 Å². The van der Waals surface area contributed by atoms with Crippen LogP contribution in [0, 0.1) is 0 Å². The minimum absolute atomic E-state index is 0.128. The molecule has 3 aromatic rings. The van der Waals surface area contributed by atoms with Gasteiger partial charge in [0.05, 0.1) is 12.4 Å². The van der Waals surface area contributed by atoms with E-state index in [4.69, 9.17) is 9.47 Å². The highest BCUT2D eigenvalue weighted by molar-refractivity contribution is 7.98. The Hall–Kier alpha value is -2.77. The number of ether oxygens (including phenoxy) is 2. The van der Waals surface area contributed by atoms with Crippen LogP contribution in [-0.4, -0.2) is 84.8 Å². The van der Waals surface area contributed by atoms with Gasteiger partial charge in [-0.2, -0.15) is 11.8 Å². The van der Waals surface area contributed by atoms with E-state index in [2.05, 4.69) is 26.0 Å². The van der Waals surface area contributed by atoms with Crippen LogP contribution in [0.3, 0.4) is 0 Å². The van der Waals surface area contributed by atoms with Crippen molar-refractivity contribution in [3.05, 3.63) is 48.5 Å². The van der Waals surface area contributed by atoms with Crippen molar-refractivity contribution < 1.29 is 30.2 Å². The number of quaternary nitrogens is 1. The molecule has 0 spiro atoms. The molecule has 0 unspecified atom stereocenters. The molecule has 1 fully saturated rings. The molecule has 194 valence electrons. The summed E-state index contributed by atoms with van der Waals surface area (Å²) < 4.78 is 13.0. The number of carbonyl (C=O) groups excluding carboxylic acids is 1. The molecule has 5 atom stereocenters. The molecule has 3 heterocycles. The number of anilines is 1. The van der Waals surface area contributed by atoms with Gasteiger partial charge in [-0.25, -0.2) is 19.7 Å². The molecule has 1 saturated heterocycles. The number of esters is 1. The minimum atomic E-state index is -1.15. The molecule has 0 saturated carbocycles. The van der Waals surface area contributed by atoms with Crippen LogP contribution in [0.25, 0.3) is 11.2 Å². The largest absolute Gasteiger partial charge is 0.458 e. The van der Waals surface area contributed by atoms with E-state index >= 15 is 0 Å². The standard InChI is InChI=1S/C24H32N6O5S/c1-36-10-8-16(25)24(33)34-12-18-21(32)20(31)17(35-18)7-9-30-14-29-19-22(27-13-28-23(19)30)26-11-15-5-3-2-4-6-15/h2-6,13-14,16-18,20-21,31-32H,7-12,25H2,1H3,(H,26,27,28)/p+1/t16-,17-,18+,20-,21+/m0/s1. The number of fused-ring (bicyclic) bond motifs is 1. The van der Waals surface area contributed by atoms with E-state index in [9.17, 15) is 15.0 Å². The Balaban J connectivity index is 1.32. The first-order valence-corrected chi connectivity index (χ1v) is 13.3. The van der Waals surface area contributed by atoms with Gasteiger partial charge in [-0.15, -0.1) is 0 Å². The molecule has 0 bridgehead atoms. The van der Waals surface area contributed by atoms with E-state index in [1.54, 1.807) is 18.1 Å². The summed E-state index contributed by atoms with van der Waals surface area (Å²) in [6.45, 7) is 0.941. The monoisotopic (exact) mass is 517 g/mol. The van der Waals surface area contributed by atoms with Crippen molar-refractivity contribution in [1.29, 1.82) is 0 Å². The predicted molar refractivity (Wildman–Crippen MR) is 135 cm³/mol. The fourth-order valence-corrected chi connectivity index (χ4v) is 4.60. The Morgan fingerprint density at radius 1 is 1.22 bits per heavy atom. The molecule has 6 N–H and O–H groups in total. The van der Waals surface area contributed by atoms with E-state index in [-0.39, 0.29) is 6.61 Å². The van der Waals surface area contributed by atoms with Crippen LogP contribution >= 0.6 is 11.8 Å². The Kier molecular flexibility index (Phi) is 9.10. The average Bonchev–Trinajstić information content (AvgIpc) is 3.44. The van der Waals surface area contributed by atoms with Crippen LogP contribution < -0.4 is 11.1 Å². The fraction of sp³-hybridized carbons (Fsp3) is 0.500. The molecule has 0 amide bonds. The molecule has 0 radical (unpaired) electrons. The number of rotatable bonds is 12. The highest BCUT2D eigenvalue weighted by Crippen LogP contribution is 2.26. The van der Waals surface area contributed by atoms with E-state index in [0.717, 1.165) is 11.3 Å². The van der Waals surface area contributed by atoms with Gasteiger partial charge in [0.2, 0.25) is 0 Å². The fourth-order valence-electron chi connectivity index (χ4n) is 4.08. The molecule has 1 aromatic carbocycles.